The summed E-state index contributed by atoms with van der Waals surface area (Å²) in [6, 6.07) is 0.755. The summed E-state index contributed by atoms with van der Waals surface area (Å²) < 4.78 is 0. The van der Waals surface area contributed by atoms with Crippen LogP contribution >= 0.6 is 0 Å². The monoisotopic (exact) mass is 84.1 g/mol. The first-order chi connectivity index (χ1) is 2.93. The van der Waals surface area contributed by atoms with Crippen molar-refractivity contribution < 1.29 is 0 Å². The zero-order valence-corrected chi connectivity index (χ0v) is 3.91. The van der Waals surface area contributed by atoms with E-state index in [0.717, 1.165) is 6.04 Å². The average Bonchev–Trinajstić information content (AvgIpc) is 1.31. The van der Waals surface area contributed by atoms with E-state index in [9.17, 15) is 0 Å². The van der Waals surface area contributed by atoms with Gasteiger partial charge in [-0.25, -0.2) is 0 Å². The van der Waals surface area contributed by atoms with Gasteiger partial charge < -0.3 is 5.32 Å². The molecule has 1 saturated carbocycles. The summed E-state index contributed by atoms with van der Waals surface area (Å²) in [4.78, 5) is 0. The molecule has 0 amide bonds. The van der Waals surface area contributed by atoms with E-state index in [4.69, 9.17) is 0 Å². The molecule has 0 aromatic carbocycles. The fourth-order valence-corrected chi connectivity index (χ4v) is 0.612. The highest BCUT2D eigenvalue weighted by atomic mass is 14.9. The minimum Gasteiger partial charge on any atom is -0.313 e. The van der Waals surface area contributed by atoms with Gasteiger partial charge in [-0.15, -0.1) is 0 Å². The van der Waals surface area contributed by atoms with Crippen molar-refractivity contribution in [3.63, 3.8) is 0 Å². The number of hydrogen-bond donors (Lipinski definition) is 1. The van der Waals surface area contributed by atoms with Crippen molar-refractivity contribution in [1.29, 1.82) is 0 Å². The fourth-order valence-electron chi connectivity index (χ4n) is 0.612. The van der Waals surface area contributed by atoms with Crippen LogP contribution in [0.25, 0.3) is 0 Å². The minimum absolute atomic E-state index is 0.755. The quantitative estimate of drug-likeness (QED) is 0.498. The predicted octanol–water partition coefficient (Wildman–Crippen LogP) is 0.920. The zero-order chi connectivity index (χ0) is 4.41. The lowest BCUT2D eigenvalue weighted by atomic mass is 9.94. The van der Waals surface area contributed by atoms with Gasteiger partial charge >= 0.3 is 0 Å². The lowest BCUT2D eigenvalue weighted by molar-refractivity contribution is 0.371. The summed E-state index contributed by atoms with van der Waals surface area (Å²) in [5, 5.41) is 2.95. The Hall–Kier alpha value is -0.0400. The molecule has 0 unspecified atom stereocenters. The van der Waals surface area contributed by atoms with E-state index < -0.39 is 0 Å². The Morgan fingerprint density at radius 3 is 2.17 bits per heavy atom. The van der Waals surface area contributed by atoms with Crippen LogP contribution in [0.5, 0.6) is 0 Å². The number of hydrogen-bond acceptors (Lipinski definition) is 1. The molecule has 1 nitrogen and oxygen atoms in total. The molecule has 0 atom stereocenters. The maximum atomic E-state index is 3.56. The molecule has 0 aliphatic heterocycles. The van der Waals surface area contributed by atoms with Gasteiger partial charge in [-0.3, -0.25) is 0 Å². The summed E-state index contributed by atoms with van der Waals surface area (Å²) in [6.45, 7) is 0. The summed E-state index contributed by atoms with van der Waals surface area (Å²) >= 11 is 0. The molecule has 0 heterocycles. The van der Waals surface area contributed by atoms with Crippen molar-refractivity contribution in [1.82, 2.24) is 5.32 Å². The van der Waals surface area contributed by atoms with Gasteiger partial charge in [0, 0.05) is 13.1 Å². The van der Waals surface area contributed by atoms with E-state index in [0.29, 0.717) is 0 Å². The van der Waals surface area contributed by atoms with E-state index in [2.05, 4.69) is 12.4 Å². The fraction of sp³-hybridized carbons (Fsp3) is 0.800. The molecule has 1 radical (unpaired) electrons. The SMILES string of the molecule is [CH2]NC1CCC1. The lowest BCUT2D eigenvalue weighted by Crippen LogP contribution is -2.30. The van der Waals surface area contributed by atoms with Crippen LogP contribution in [0, 0.1) is 7.05 Å². The smallest absolute Gasteiger partial charge is 0.00794 e. The van der Waals surface area contributed by atoms with Gasteiger partial charge in [0.15, 0.2) is 0 Å². The summed E-state index contributed by atoms with van der Waals surface area (Å²) in [5.41, 5.74) is 0. The van der Waals surface area contributed by atoms with Crippen molar-refractivity contribution >= 4 is 0 Å². The second kappa shape index (κ2) is 1.61. The highest BCUT2D eigenvalue weighted by Crippen LogP contribution is 2.16. The van der Waals surface area contributed by atoms with Crippen LogP contribution in [0.4, 0.5) is 0 Å². The molecule has 1 N–H and O–H groups in total. The Labute approximate surface area is 38.7 Å². The van der Waals surface area contributed by atoms with Gasteiger partial charge in [-0.1, -0.05) is 6.42 Å². The van der Waals surface area contributed by atoms with Crippen molar-refractivity contribution in [2.45, 2.75) is 25.3 Å². The Bertz CT molecular complexity index is 36.4. The highest BCUT2D eigenvalue weighted by molar-refractivity contribution is 4.74. The summed E-state index contributed by atoms with van der Waals surface area (Å²) in [5.74, 6) is 0. The van der Waals surface area contributed by atoms with Gasteiger partial charge in [0.25, 0.3) is 0 Å². The Balaban J connectivity index is 2.01. The topological polar surface area (TPSA) is 12.0 Å². The third-order valence-electron chi connectivity index (χ3n) is 1.39. The lowest BCUT2D eigenvalue weighted by Gasteiger charge is -2.23. The molecule has 0 aromatic rings. The van der Waals surface area contributed by atoms with Crippen LogP contribution in [0.3, 0.4) is 0 Å². The molecule has 0 aromatic heterocycles. The van der Waals surface area contributed by atoms with Crippen molar-refractivity contribution in [2.75, 3.05) is 0 Å². The molecule has 1 aliphatic carbocycles. The zero-order valence-electron chi connectivity index (χ0n) is 3.91. The van der Waals surface area contributed by atoms with E-state index in [1.54, 1.807) is 0 Å². The molecule has 6 heavy (non-hydrogen) atoms. The van der Waals surface area contributed by atoms with Crippen LogP contribution in [0.1, 0.15) is 19.3 Å². The molecule has 0 saturated heterocycles. The van der Waals surface area contributed by atoms with Gasteiger partial charge in [0.2, 0.25) is 0 Å². The number of rotatable bonds is 1. The predicted molar refractivity (Wildman–Crippen MR) is 26.1 cm³/mol. The van der Waals surface area contributed by atoms with E-state index in [1.165, 1.54) is 19.3 Å². The van der Waals surface area contributed by atoms with E-state index >= 15 is 0 Å². The van der Waals surface area contributed by atoms with Crippen molar-refractivity contribution in [3.8, 4) is 0 Å². The first-order valence-corrected chi connectivity index (χ1v) is 2.46. The second-order valence-electron chi connectivity index (χ2n) is 1.83. The highest BCUT2D eigenvalue weighted by Gasteiger charge is 2.13. The summed E-state index contributed by atoms with van der Waals surface area (Å²) in [7, 11) is 3.56. The van der Waals surface area contributed by atoms with Crippen molar-refractivity contribution in [2.24, 2.45) is 0 Å². The molecule has 35 valence electrons. The molecular weight excluding hydrogens is 74.1 g/mol. The molecule has 0 bridgehead atoms. The van der Waals surface area contributed by atoms with Crippen LogP contribution in [-0.2, 0) is 0 Å². The summed E-state index contributed by atoms with van der Waals surface area (Å²) in [6.07, 6.45) is 4.07. The van der Waals surface area contributed by atoms with Crippen molar-refractivity contribution in [3.05, 3.63) is 7.05 Å². The minimum atomic E-state index is 0.755. The largest absolute Gasteiger partial charge is 0.313 e. The molecule has 1 heteroatoms. The molecule has 1 aliphatic rings. The standard InChI is InChI=1S/C5H10N/c1-6-5-3-2-4-5/h5-6H,1-4H2. The van der Waals surface area contributed by atoms with Gasteiger partial charge in [-0.05, 0) is 12.8 Å². The van der Waals surface area contributed by atoms with Crippen LogP contribution in [-0.4, -0.2) is 6.04 Å². The van der Waals surface area contributed by atoms with Gasteiger partial charge in [0.1, 0.15) is 0 Å². The number of nitrogens with one attached hydrogen (secondary N) is 1. The van der Waals surface area contributed by atoms with E-state index in [1.807, 2.05) is 0 Å². The first kappa shape index (κ1) is 4.13. The second-order valence-corrected chi connectivity index (χ2v) is 1.83. The third kappa shape index (κ3) is 0.548. The van der Waals surface area contributed by atoms with Gasteiger partial charge in [0.05, 0.1) is 0 Å². The van der Waals surface area contributed by atoms with Crippen LogP contribution in [0.2, 0.25) is 0 Å². The maximum Gasteiger partial charge on any atom is 0.00794 e. The van der Waals surface area contributed by atoms with Crippen LogP contribution in [0.15, 0.2) is 0 Å². The maximum absolute atomic E-state index is 3.56. The Morgan fingerprint density at radius 2 is 2.17 bits per heavy atom. The normalized spacial score (nSPS) is 23.5. The third-order valence-corrected chi connectivity index (χ3v) is 1.39. The Morgan fingerprint density at radius 1 is 1.50 bits per heavy atom. The van der Waals surface area contributed by atoms with Gasteiger partial charge in [-0.2, -0.15) is 0 Å². The van der Waals surface area contributed by atoms with E-state index in [-0.39, 0.29) is 0 Å². The average molecular weight is 84.1 g/mol. The molecule has 1 fully saturated rings. The van der Waals surface area contributed by atoms with Crippen LogP contribution < -0.4 is 5.32 Å². The Kier molecular flexibility index (Phi) is 1.10. The molecular formula is C5H10N. The first-order valence-electron chi connectivity index (χ1n) is 2.46. The molecule has 1 rings (SSSR count). The molecule has 0 spiro atoms.